The summed E-state index contributed by atoms with van der Waals surface area (Å²) in [6.07, 6.45) is 0.0253. The summed E-state index contributed by atoms with van der Waals surface area (Å²) >= 11 is 0. The minimum Gasteiger partial charge on any atom is -0.494 e. The molecule has 0 radical (unpaired) electrons. The third-order valence-corrected chi connectivity index (χ3v) is 2.85. The number of rotatable bonds is 6. The van der Waals surface area contributed by atoms with Crippen LogP contribution < -0.4 is 10.5 Å². The number of carbonyl (C=O) groups is 1. The average Bonchev–Trinajstić information content (AvgIpc) is 2.29. The number of carboxylic acids is 1. The standard InChI is InChI=1S/C13H19NO3/c1-3-17-11-6-4-10(5-7-11)13(2,9-14)8-12(15)16/h4-7H,3,8-9,14H2,1-2H3,(H,15,16). The Balaban J connectivity index is 2.92. The highest BCUT2D eigenvalue weighted by molar-refractivity contribution is 5.69. The fraction of sp³-hybridized carbons (Fsp3) is 0.462. The summed E-state index contributed by atoms with van der Waals surface area (Å²) < 4.78 is 5.34. The van der Waals surface area contributed by atoms with Crippen molar-refractivity contribution >= 4 is 5.97 Å². The van der Waals surface area contributed by atoms with E-state index in [0.717, 1.165) is 11.3 Å². The molecule has 0 heterocycles. The number of aliphatic carboxylic acids is 1. The third kappa shape index (κ3) is 3.46. The van der Waals surface area contributed by atoms with Gasteiger partial charge in [-0.25, -0.2) is 0 Å². The monoisotopic (exact) mass is 237 g/mol. The fourth-order valence-electron chi connectivity index (χ4n) is 1.75. The number of ether oxygens (including phenoxy) is 1. The molecule has 4 heteroatoms. The van der Waals surface area contributed by atoms with E-state index in [1.807, 2.05) is 38.1 Å². The molecule has 17 heavy (non-hydrogen) atoms. The van der Waals surface area contributed by atoms with Crippen molar-refractivity contribution in [2.75, 3.05) is 13.2 Å². The van der Waals surface area contributed by atoms with Crippen molar-refractivity contribution < 1.29 is 14.6 Å². The Hall–Kier alpha value is -1.55. The Kier molecular flexibility index (Phi) is 4.52. The smallest absolute Gasteiger partial charge is 0.304 e. The van der Waals surface area contributed by atoms with Gasteiger partial charge in [-0.1, -0.05) is 19.1 Å². The quantitative estimate of drug-likeness (QED) is 0.791. The molecule has 0 aliphatic carbocycles. The third-order valence-electron chi connectivity index (χ3n) is 2.85. The van der Waals surface area contributed by atoms with Gasteiger partial charge in [0.25, 0.3) is 0 Å². The second kappa shape index (κ2) is 5.68. The largest absolute Gasteiger partial charge is 0.494 e. The van der Waals surface area contributed by atoms with Crippen LogP contribution in [0.15, 0.2) is 24.3 Å². The summed E-state index contributed by atoms with van der Waals surface area (Å²) in [4.78, 5) is 10.8. The van der Waals surface area contributed by atoms with Gasteiger partial charge in [-0.05, 0) is 24.6 Å². The number of carboxylic acid groups (broad SMARTS) is 1. The lowest BCUT2D eigenvalue weighted by atomic mass is 9.79. The molecule has 1 unspecified atom stereocenters. The van der Waals surface area contributed by atoms with Crippen LogP contribution in [0.3, 0.4) is 0 Å². The van der Waals surface area contributed by atoms with E-state index in [2.05, 4.69) is 0 Å². The SMILES string of the molecule is CCOc1ccc(C(C)(CN)CC(=O)O)cc1. The van der Waals surface area contributed by atoms with Crippen LogP contribution in [0, 0.1) is 0 Å². The van der Waals surface area contributed by atoms with Crippen molar-refractivity contribution in [3.05, 3.63) is 29.8 Å². The van der Waals surface area contributed by atoms with E-state index in [0.29, 0.717) is 13.2 Å². The number of benzene rings is 1. The molecular formula is C13H19NO3. The predicted octanol–water partition coefficient (Wildman–Crippen LogP) is 1.78. The Morgan fingerprint density at radius 3 is 2.41 bits per heavy atom. The molecule has 0 amide bonds. The molecule has 4 nitrogen and oxygen atoms in total. The predicted molar refractivity (Wildman–Crippen MR) is 66.3 cm³/mol. The average molecular weight is 237 g/mol. The van der Waals surface area contributed by atoms with Crippen molar-refractivity contribution in [2.24, 2.45) is 5.73 Å². The van der Waals surface area contributed by atoms with E-state index in [1.54, 1.807) is 0 Å². The van der Waals surface area contributed by atoms with E-state index >= 15 is 0 Å². The Morgan fingerprint density at radius 2 is 2.00 bits per heavy atom. The molecule has 1 rings (SSSR count). The Labute approximate surface area is 101 Å². The summed E-state index contributed by atoms with van der Waals surface area (Å²) in [5.74, 6) is -0.0576. The zero-order valence-electron chi connectivity index (χ0n) is 10.3. The zero-order chi connectivity index (χ0) is 12.9. The number of nitrogens with two attached hydrogens (primary N) is 1. The van der Waals surface area contributed by atoms with Crippen LogP contribution >= 0.6 is 0 Å². The first-order chi connectivity index (χ1) is 8.01. The summed E-state index contributed by atoms with van der Waals surface area (Å²) in [7, 11) is 0. The van der Waals surface area contributed by atoms with Crippen LogP contribution in [0.2, 0.25) is 0 Å². The van der Waals surface area contributed by atoms with E-state index < -0.39 is 11.4 Å². The van der Waals surface area contributed by atoms with Gasteiger partial charge in [-0.2, -0.15) is 0 Å². The van der Waals surface area contributed by atoms with Gasteiger partial charge in [-0.3, -0.25) is 4.79 Å². The van der Waals surface area contributed by atoms with Gasteiger partial charge in [0, 0.05) is 12.0 Å². The summed E-state index contributed by atoms with van der Waals surface area (Å²) in [5.41, 5.74) is 6.08. The molecule has 0 saturated heterocycles. The van der Waals surface area contributed by atoms with Gasteiger partial charge in [0.1, 0.15) is 5.75 Å². The number of hydrogen-bond donors (Lipinski definition) is 2. The molecule has 1 aromatic rings. The van der Waals surface area contributed by atoms with E-state index in [4.69, 9.17) is 15.6 Å². The molecule has 0 saturated carbocycles. The minimum absolute atomic E-state index is 0.0253. The first-order valence-electron chi connectivity index (χ1n) is 5.67. The minimum atomic E-state index is -0.841. The molecule has 0 spiro atoms. The van der Waals surface area contributed by atoms with Crippen LogP contribution in [0.25, 0.3) is 0 Å². The second-order valence-corrected chi connectivity index (χ2v) is 4.29. The topological polar surface area (TPSA) is 72.5 Å². The maximum atomic E-state index is 10.8. The van der Waals surface area contributed by atoms with Gasteiger partial charge in [0.05, 0.1) is 13.0 Å². The second-order valence-electron chi connectivity index (χ2n) is 4.29. The lowest BCUT2D eigenvalue weighted by molar-refractivity contribution is -0.138. The molecule has 0 aliphatic rings. The highest BCUT2D eigenvalue weighted by Gasteiger charge is 2.28. The van der Waals surface area contributed by atoms with Crippen molar-refractivity contribution in [2.45, 2.75) is 25.7 Å². The maximum absolute atomic E-state index is 10.8. The fourth-order valence-corrected chi connectivity index (χ4v) is 1.75. The Bertz CT molecular complexity index is 375. The van der Waals surface area contributed by atoms with Crippen LogP contribution in [-0.4, -0.2) is 24.2 Å². The number of hydrogen-bond acceptors (Lipinski definition) is 3. The first-order valence-corrected chi connectivity index (χ1v) is 5.67. The molecule has 0 aromatic heterocycles. The van der Waals surface area contributed by atoms with Crippen LogP contribution in [-0.2, 0) is 10.2 Å². The van der Waals surface area contributed by atoms with Crippen molar-refractivity contribution in [3.8, 4) is 5.75 Å². The van der Waals surface area contributed by atoms with E-state index in [1.165, 1.54) is 0 Å². The molecular weight excluding hydrogens is 218 g/mol. The van der Waals surface area contributed by atoms with Gasteiger partial charge < -0.3 is 15.6 Å². The summed E-state index contributed by atoms with van der Waals surface area (Å²) in [6, 6.07) is 7.44. The van der Waals surface area contributed by atoms with Crippen LogP contribution in [0.5, 0.6) is 5.75 Å². The van der Waals surface area contributed by atoms with Crippen molar-refractivity contribution in [1.29, 1.82) is 0 Å². The summed E-state index contributed by atoms with van der Waals surface area (Å²) in [5, 5.41) is 8.90. The van der Waals surface area contributed by atoms with Gasteiger partial charge in [0.2, 0.25) is 0 Å². The van der Waals surface area contributed by atoms with Gasteiger partial charge in [-0.15, -0.1) is 0 Å². The van der Waals surface area contributed by atoms with E-state index in [-0.39, 0.29) is 6.42 Å². The molecule has 94 valence electrons. The first kappa shape index (κ1) is 13.5. The van der Waals surface area contributed by atoms with Crippen LogP contribution in [0.4, 0.5) is 0 Å². The van der Waals surface area contributed by atoms with Crippen LogP contribution in [0.1, 0.15) is 25.8 Å². The molecule has 1 atom stereocenters. The molecule has 3 N–H and O–H groups in total. The lowest BCUT2D eigenvalue weighted by Crippen LogP contribution is -2.34. The molecule has 1 aromatic carbocycles. The lowest BCUT2D eigenvalue weighted by Gasteiger charge is -2.26. The molecule has 0 fully saturated rings. The normalized spacial score (nSPS) is 14.1. The molecule has 0 aliphatic heterocycles. The highest BCUT2D eigenvalue weighted by Crippen LogP contribution is 2.28. The highest BCUT2D eigenvalue weighted by atomic mass is 16.5. The van der Waals surface area contributed by atoms with Crippen molar-refractivity contribution in [3.63, 3.8) is 0 Å². The molecule has 0 bridgehead atoms. The van der Waals surface area contributed by atoms with Gasteiger partial charge in [0.15, 0.2) is 0 Å². The van der Waals surface area contributed by atoms with Gasteiger partial charge >= 0.3 is 5.97 Å². The zero-order valence-corrected chi connectivity index (χ0v) is 10.3. The van der Waals surface area contributed by atoms with E-state index in [9.17, 15) is 4.79 Å². The Morgan fingerprint density at radius 1 is 1.41 bits per heavy atom. The maximum Gasteiger partial charge on any atom is 0.304 e. The summed E-state index contributed by atoms with van der Waals surface area (Å²) in [6.45, 7) is 4.69. The van der Waals surface area contributed by atoms with Crippen molar-refractivity contribution in [1.82, 2.24) is 0 Å².